The van der Waals surface area contributed by atoms with Crippen LogP contribution in [-0.2, 0) is 6.42 Å². The number of thioether (sulfide) groups is 1. The van der Waals surface area contributed by atoms with Crippen LogP contribution in [0.15, 0.2) is 15.8 Å². The SMILES string of the molecule is CCC1(CC)CSC(=NCCc2ncno2)N1. The third-order valence-corrected chi connectivity index (χ3v) is 4.40. The molecule has 0 atom stereocenters. The molecule has 1 aromatic rings. The van der Waals surface area contributed by atoms with Gasteiger partial charge in [0.2, 0.25) is 5.89 Å². The first-order chi connectivity index (χ1) is 8.28. The van der Waals surface area contributed by atoms with Gasteiger partial charge in [0.15, 0.2) is 11.5 Å². The Morgan fingerprint density at radius 2 is 2.35 bits per heavy atom. The number of nitrogens with zero attached hydrogens (tertiary/aromatic N) is 3. The predicted molar refractivity (Wildman–Crippen MR) is 69.2 cm³/mol. The molecule has 6 heteroatoms. The summed E-state index contributed by atoms with van der Waals surface area (Å²) in [6, 6.07) is 0. The minimum Gasteiger partial charge on any atom is -0.359 e. The Morgan fingerprint density at radius 3 is 2.94 bits per heavy atom. The summed E-state index contributed by atoms with van der Waals surface area (Å²) in [6.45, 7) is 5.14. The Balaban J connectivity index is 1.84. The van der Waals surface area contributed by atoms with Crippen LogP contribution in [0, 0.1) is 0 Å². The van der Waals surface area contributed by atoms with Gasteiger partial charge in [-0.15, -0.1) is 0 Å². The van der Waals surface area contributed by atoms with Gasteiger partial charge in [-0.25, -0.2) is 0 Å². The van der Waals surface area contributed by atoms with Crippen molar-refractivity contribution in [2.75, 3.05) is 12.3 Å². The van der Waals surface area contributed by atoms with Crippen molar-refractivity contribution in [1.29, 1.82) is 0 Å². The summed E-state index contributed by atoms with van der Waals surface area (Å²) in [6.07, 6.45) is 4.40. The molecule has 0 spiro atoms. The topological polar surface area (TPSA) is 63.3 Å². The van der Waals surface area contributed by atoms with Crippen LogP contribution in [0.2, 0.25) is 0 Å². The first kappa shape index (κ1) is 12.4. The van der Waals surface area contributed by atoms with Gasteiger partial charge in [-0.3, -0.25) is 4.99 Å². The van der Waals surface area contributed by atoms with Gasteiger partial charge in [-0.2, -0.15) is 4.98 Å². The molecule has 0 aromatic carbocycles. The third-order valence-electron chi connectivity index (χ3n) is 3.20. The second-order valence-electron chi connectivity index (χ2n) is 4.17. The fourth-order valence-electron chi connectivity index (χ4n) is 1.78. The van der Waals surface area contributed by atoms with Gasteiger partial charge in [0.1, 0.15) is 0 Å². The van der Waals surface area contributed by atoms with E-state index >= 15 is 0 Å². The van der Waals surface area contributed by atoms with Crippen molar-refractivity contribution < 1.29 is 4.52 Å². The summed E-state index contributed by atoms with van der Waals surface area (Å²) in [5, 5.41) is 8.15. The zero-order chi connectivity index (χ0) is 12.1. The van der Waals surface area contributed by atoms with Gasteiger partial charge < -0.3 is 9.84 Å². The third kappa shape index (κ3) is 3.00. The number of nitrogens with one attached hydrogen (secondary N) is 1. The summed E-state index contributed by atoms with van der Waals surface area (Å²) >= 11 is 1.81. The zero-order valence-electron chi connectivity index (χ0n) is 10.3. The molecule has 1 aliphatic heterocycles. The number of hydrogen-bond acceptors (Lipinski definition) is 5. The van der Waals surface area contributed by atoms with Crippen LogP contribution in [-0.4, -0.2) is 33.1 Å². The van der Waals surface area contributed by atoms with Crippen LogP contribution in [0.25, 0.3) is 0 Å². The van der Waals surface area contributed by atoms with Crippen molar-refractivity contribution in [3.8, 4) is 0 Å². The highest BCUT2D eigenvalue weighted by Crippen LogP contribution is 2.28. The highest BCUT2D eigenvalue weighted by Gasteiger charge is 2.33. The highest BCUT2D eigenvalue weighted by molar-refractivity contribution is 8.14. The van der Waals surface area contributed by atoms with E-state index in [2.05, 4.69) is 34.3 Å². The molecule has 1 fully saturated rings. The average molecular weight is 254 g/mol. The first-order valence-electron chi connectivity index (χ1n) is 5.99. The average Bonchev–Trinajstić information content (AvgIpc) is 2.99. The lowest BCUT2D eigenvalue weighted by atomic mass is 9.96. The molecule has 1 aliphatic rings. The normalized spacial score (nSPS) is 20.7. The Kier molecular flexibility index (Phi) is 4.04. The molecule has 1 N–H and O–H groups in total. The van der Waals surface area contributed by atoms with Crippen LogP contribution in [0.4, 0.5) is 0 Å². The van der Waals surface area contributed by atoms with Crippen molar-refractivity contribution in [3.05, 3.63) is 12.2 Å². The summed E-state index contributed by atoms with van der Waals surface area (Å²) in [5.74, 6) is 1.76. The maximum atomic E-state index is 4.92. The van der Waals surface area contributed by atoms with E-state index < -0.39 is 0 Å². The molecule has 1 aromatic heterocycles. The predicted octanol–water partition coefficient (Wildman–Crippen LogP) is 1.86. The molecular formula is C11H18N4OS. The molecule has 5 nitrogen and oxygen atoms in total. The van der Waals surface area contributed by atoms with E-state index in [4.69, 9.17) is 4.52 Å². The minimum atomic E-state index is 0.244. The summed E-state index contributed by atoms with van der Waals surface area (Å²) in [5.41, 5.74) is 0.244. The van der Waals surface area contributed by atoms with Gasteiger partial charge in [0.25, 0.3) is 0 Å². The van der Waals surface area contributed by atoms with E-state index in [1.807, 2.05) is 11.8 Å². The Hall–Kier alpha value is -1.04. The van der Waals surface area contributed by atoms with Crippen molar-refractivity contribution >= 4 is 16.9 Å². The van der Waals surface area contributed by atoms with Gasteiger partial charge >= 0.3 is 0 Å². The molecular weight excluding hydrogens is 236 g/mol. The Morgan fingerprint density at radius 1 is 1.53 bits per heavy atom. The maximum Gasteiger partial charge on any atom is 0.228 e. The van der Waals surface area contributed by atoms with Crippen LogP contribution in [0.3, 0.4) is 0 Å². The molecule has 94 valence electrons. The smallest absolute Gasteiger partial charge is 0.228 e. The molecule has 0 saturated carbocycles. The van der Waals surface area contributed by atoms with Crippen LogP contribution in [0.1, 0.15) is 32.6 Å². The molecule has 0 bridgehead atoms. The second kappa shape index (κ2) is 5.53. The van der Waals surface area contributed by atoms with Crippen LogP contribution >= 0.6 is 11.8 Å². The van der Waals surface area contributed by atoms with E-state index in [1.54, 1.807) is 0 Å². The Labute approximate surface area is 105 Å². The molecule has 0 aliphatic carbocycles. The largest absolute Gasteiger partial charge is 0.359 e. The van der Waals surface area contributed by atoms with Gasteiger partial charge in [0.05, 0.1) is 6.54 Å². The van der Waals surface area contributed by atoms with E-state index in [1.165, 1.54) is 6.33 Å². The standard InChI is InChI=1S/C11H18N4OS/c1-3-11(4-2)7-17-10(15-11)12-6-5-9-13-8-14-16-9/h8H,3-7H2,1-2H3,(H,12,15). The van der Waals surface area contributed by atoms with Crippen molar-refractivity contribution in [2.45, 2.75) is 38.6 Å². The van der Waals surface area contributed by atoms with Crippen LogP contribution in [0.5, 0.6) is 0 Å². The number of aromatic nitrogens is 2. The lowest BCUT2D eigenvalue weighted by molar-refractivity contribution is 0.378. The van der Waals surface area contributed by atoms with E-state index in [9.17, 15) is 0 Å². The fourth-order valence-corrected chi connectivity index (χ4v) is 3.15. The number of amidine groups is 1. The first-order valence-corrected chi connectivity index (χ1v) is 6.97. The van der Waals surface area contributed by atoms with Gasteiger partial charge in [0, 0.05) is 17.7 Å². The van der Waals surface area contributed by atoms with Crippen molar-refractivity contribution in [3.63, 3.8) is 0 Å². The molecule has 1 saturated heterocycles. The number of aliphatic imine (C=N–C) groups is 1. The lowest BCUT2D eigenvalue weighted by Gasteiger charge is -2.25. The molecule has 17 heavy (non-hydrogen) atoms. The highest BCUT2D eigenvalue weighted by atomic mass is 32.2. The maximum absolute atomic E-state index is 4.92. The van der Waals surface area contributed by atoms with E-state index in [0.717, 1.165) is 23.8 Å². The van der Waals surface area contributed by atoms with E-state index in [-0.39, 0.29) is 5.54 Å². The van der Waals surface area contributed by atoms with Gasteiger partial charge in [-0.05, 0) is 12.8 Å². The van der Waals surface area contributed by atoms with Crippen molar-refractivity contribution in [2.24, 2.45) is 4.99 Å². The van der Waals surface area contributed by atoms with E-state index in [0.29, 0.717) is 18.9 Å². The Bertz CT molecular complexity index is 373. The van der Waals surface area contributed by atoms with Crippen molar-refractivity contribution in [1.82, 2.24) is 15.5 Å². The minimum absolute atomic E-state index is 0.244. The summed E-state index contributed by atoms with van der Waals surface area (Å²) < 4.78 is 4.92. The number of hydrogen-bond donors (Lipinski definition) is 1. The summed E-state index contributed by atoms with van der Waals surface area (Å²) in [4.78, 5) is 8.50. The lowest BCUT2D eigenvalue weighted by Crippen LogP contribution is -2.42. The second-order valence-corrected chi connectivity index (χ2v) is 5.14. The zero-order valence-corrected chi connectivity index (χ0v) is 11.1. The molecule has 2 rings (SSSR count). The summed E-state index contributed by atoms with van der Waals surface area (Å²) in [7, 11) is 0. The molecule has 0 amide bonds. The monoisotopic (exact) mass is 254 g/mol. The molecule has 0 unspecified atom stereocenters. The molecule has 0 radical (unpaired) electrons. The van der Waals surface area contributed by atoms with Crippen LogP contribution < -0.4 is 5.32 Å². The molecule has 2 heterocycles. The number of rotatable bonds is 5. The van der Waals surface area contributed by atoms with Gasteiger partial charge in [-0.1, -0.05) is 30.8 Å². The fraction of sp³-hybridized carbons (Fsp3) is 0.727. The quantitative estimate of drug-likeness (QED) is 0.869.